The molecule has 0 radical (unpaired) electrons. The average molecular weight is 308 g/mol. The molecule has 0 aliphatic carbocycles. The van der Waals surface area contributed by atoms with E-state index in [0.717, 1.165) is 17.1 Å². The molecule has 0 aromatic carbocycles. The van der Waals surface area contributed by atoms with Gasteiger partial charge in [0.05, 0.1) is 23.8 Å². The molecule has 1 amide bonds. The van der Waals surface area contributed by atoms with Crippen LogP contribution in [0.3, 0.4) is 0 Å². The molecule has 7 heteroatoms. The van der Waals surface area contributed by atoms with E-state index in [2.05, 4.69) is 10.4 Å². The zero-order valence-electron chi connectivity index (χ0n) is 13.8. The van der Waals surface area contributed by atoms with Gasteiger partial charge in [0, 0.05) is 20.1 Å². The Morgan fingerprint density at radius 2 is 2.14 bits per heavy atom. The Hall–Kier alpha value is -1.76. The average Bonchev–Trinajstić information content (AvgIpc) is 2.83. The van der Waals surface area contributed by atoms with Crippen molar-refractivity contribution < 1.29 is 14.3 Å². The van der Waals surface area contributed by atoms with E-state index < -0.39 is 5.60 Å². The van der Waals surface area contributed by atoms with Crippen LogP contribution in [0, 0.1) is 6.92 Å². The number of carbonyl (C=O) groups excluding carboxylic acids is 1. The molecular formula is C15H24N4O3. The number of nitrogens with one attached hydrogen (secondary N) is 1. The number of nitrogens with zero attached hydrogens (tertiary/aromatic N) is 3. The maximum atomic E-state index is 12.2. The van der Waals surface area contributed by atoms with Crippen molar-refractivity contribution >= 4 is 6.09 Å². The molecule has 1 saturated heterocycles. The van der Waals surface area contributed by atoms with E-state index in [0.29, 0.717) is 19.6 Å². The van der Waals surface area contributed by atoms with Gasteiger partial charge in [0.2, 0.25) is 5.88 Å². The van der Waals surface area contributed by atoms with Gasteiger partial charge < -0.3 is 19.7 Å². The Labute approximate surface area is 130 Å². The Morgan fingerprint density at radius 1 is 1.41 bits per heavy atom. The van der Waals surface area contributed by atoms with Gasteiger partial charge in [0.25, 0.3) is 0 Å². The SMILES string of the molecule is Cc1nn(C)c2c1CN[C@H]1CN(C(=O)OC(C)(C)C)C[C@@H]1O2. The number of hydrogen-bond donors (Lipinski definition) is 1. The minimum absolute atomic E-state index is 0.0800. The first kappa shape index (κ1) is 15.1. The lowest BCUT2D eigenvalue weighted by Crippen LogP contribution is -2.40. The fraction of sp³-hybridized carbons (Fsp3) is 0.733. The fourth-order valence-corrected chi connectivity index (χ4v) is 2.97. The summed E-state index contributed by atoms with van der Waals surface area (Å²) in [4.78, 5) is 13.9. The fourth-order valence-electron chi connectivity index (χ4n) is 2.97. The molecule has 1 aromatic heterocycles. The summed E-state index contributed by atoms with van der Waals surface area (Å²) in [6, 6.07) is 0.110. The molecule has 2 aliphatic heterocycles. The molecular weight excluding hydrogens is 284 g/mol. The summed E-state index contributed by atoms with van der Waals surface area (Å²) >= 11 is 0. The summed E-state index contributed by atoms with van der Waals surface area (Å²) in [6.45, 7) is 9.43. The topological polar surface area (TPSA) is 68.6 Å². The third-order valence-corrected chi connectivity index (χ3v) is 4.01. The van der Waals surface area contributed by atoms with Crippen molar-refractivity contribution in [3.05, 3.63) is 11.3 Å². The lowest BCUT2D eigenvalue weighted by atomic mass is 10.2. The van der Waals surface area contributed by atoms with Gasteiger partial charge >= 0.3 is 6.09 Å². The summed E-state index contributed by atoms with van der Waals surface area (Å²) in [5.41, 5.74) is 1.59. The zero-order chi connectivity index (χ0) is 16.1. The van der Waals surface area contributed by atoms with Crippen LogP contribution in [0.15, 0.2) is 0 Å². The van der Waals surface area contributed by atoms with Gasteiger partial charge in [-0.15, -0.1) is 0 Å². The highest BCUT2D eigenvalue weighted by Crippen LogP contribution is 2.28. The lowest BCUT2D eigenvalue weighted by Gasteiger charge is -2.24. The number of rotatable bonds is 0. The maximum absolute atomic E-state index is 12.2. The van der Waals surface area contributed by atoms with E-state index in [1.54, 1.807) is 9.58 Å². The number of ether oxygens (including phenoxy) is 2. The monoisotopic (exact) mass is 308 g/mol. The predicted octanol–water partition coefficient (Wildman–Crippen LogP) is 1.20. The number of hydrogen-bond acceptors (Lipinski definition) is 5. The van der Waals surface area contributed by atoms with Crippen molar-refractivity contribution in [2.24, 2.45) is 7.05 Å². The van der Waals surface area contributed by atoms with Crippen molar-refractivity contribution in [1.82, 2.24) is 20.0 Å². The largest absolute Gasteiger partial charge is 0.471 e. The van der Waals surface area contributed by atoms with Crippen LogP contribution in [0.5, 0.6) is 5.88 Å². The van der Waals surface area contributed by atoms with Gasteiger partial charge in [-0.1, -0.05) is 0 Å². The highest BCUT2D eigenvalue weighted by atomic mass is 16.6. The van der Waals surface area contributed by atoms with E-state index in [-0.39, 0.29) is 18.2 Å². The second-order valence-corrected chi connectivity index (χ2v) is 7.02. The third-order valence-electron chi connectivity index (χ3n) is 4.01. The van der Waals surface area contributed by atoms with Crippen LogP contribution in [0.4, 0.5) is 4.79 Å². The van der Waals surface area contributed by atoms with E-state index in [1.807, 2.05) is 34.7 Å². The molecule has 1 aromatic rings. The summed E-state index contributed by atoms with van der Waals surface area (Å²) in [5, 5.41) is 7.87. The third kappa shape index (κ3) is 2.77. The van der Waals surface area contributed by atoms with Crippen molar-refractivity contribution in [1.29, 1.82) is 0 Å². The first-order valence-corrected chi connectivity index (χ1v) is 7.65. The lowest BCUT2D eigenvalue weighted by molar-refractivity contribution is 0.0273. The van der Waals surface area contributed by atoms with E-state index >= 15 is 0 Å². The van der Waals surface area contributed by atoms with Crippen molar-refractivity contribution in [3.8, 4) is 5.88 Å². The standard InChI is InChI=1S/C15H24N4O3/c1-9-10-6-16-11-7-19(14(20)22-15(2,3)4)8-12(11)21-13(10)18(5)17-9/h11-12,16H,6-8H2,1-5H3/t11-,12-/m0/s1. The number of aromatic nitrogens is 2. The molecule has 1 fully saturated rings. The maximum Gasteiger partial charge on any atom is 0.410 e. The number of carbonyl (C=O) groups is 1. The minimum atomic E-state index is -0.484. The van der Waals surface area contributed by atoms with Crippen LogP contribution >= 0.6 is 0 Å². The molecule has 1 N–H and O–H groups in total. The van der Waals surface area contributed by atoms with Gasteiger partial charge in [-0.2, -0.15) is 5.10 Å². The summed E-state index contributed by atoms with van der Waals surface area (Å²) < 4.78 is 13.3. The van der Waals surface area contributed by atoms with Gasteiger partial charge in [0.1, 0.15) is 11.7 Å². The Morgan fingerprint density at radius 3 is 2.82 bits per heavy atom. The molecule has 0 bridgehead atoms. The Balaban J connectivity index is 1.73. The zero-order valence-corrected chi connectivity index (χ0v) is 13.8. The van der Waals surface area contributed by atoms with Crippen LogP contribution in [0.1, 0.15) is 32.0 Å². The van der Waals surface area contributed by atoms with Crippen LogP contribution in [-0.2, 0) is 18.3 Å². The molecule has 2 aliphatic rings. The molecule has 0 unspecified atom stereocenters. The van der Waals surface area contributed by atoms with Gasteiger partial charge in [-0.25, -0.2) is 9.48 Å². The minimum Gasteiger partial charge on any atom is -0.471 e. The molecule has 3 rings (SSSR count). The summed E-state index contributed by atoms with van der Waals surface area (Å²) in [5.74, 6) is 0.795. The summed E-state index contributed by atoms with van der Waals surface area (Å²) in [7, 11) is 1.88. The van der Waals surface area contributed by atoms with E-state index in [4.69, 9.17) is 9.47 Å². The first-order chi connectivity index (χ1) is 10.2. The number of amides is 1. The van der Waals surface area contributed by atoms with Gasteiger partial charge in [0.15, 0.2) is 0 Å². The van der Waals surface area contributed by atoms with Crippen LogP contribution in [0.2, 0.25) is 0 Å². The first-order valence-electron chi connectivity index (χ1n) is 7.65. The molecule has 7 nitrogen and oxygen atoms in total. The van der Waals surface area contributed by atoms with E-state index in [9.17, 15) is 4.79 Å². The van der Waals surface area contributed by atoms with Crippen molar-refractivity contribution in [2.45, 2.75) is 52.0 Å². The van der Waals surface area contributed by atoms with Crippen LogP contribution < -0.4 is 10.1 Å². The Kier molecular flexibility index (Phi) is 3.55. The normalized spacial score (nSPS) is 24.3. The molecule has 2 atom stereocenters. The van der Waals surface area contributed by atoms with Crippen LogP contribution in [-0.4, -0.2) is 51.6 Å². The molecule has 0 saturated carbocycles. The van der Waals surface area contributed by atoms with E-state index in [1.165, 1.54) is 0 Å². The highest BCUT2D eigenvalue weighted by Gasteiger charge is 2.41. The second-order valence-electron chi connectivity index (χ2n) is 7.02. The molecule has 3 heterocycles. The van der Waals surface area contributed by atoms with Crippen LogP contribution in [0.25, 0.3) is 0 Å². The smallest absolute Gasteiger partial charge is 0.410 e. The Bertz CT molecular complexity index is 590. The number of aryl methyl sites for hydroxylation is 2. The van der Waals surface area contributed by atoms with Crippen molar-refractivity contribution in [2.75, 3.05) is 13.1 Å². The molecule has 0 spiro atoms. The highest BCUT2D eigenvalue weighted by molar-refractivity contribution is 5.68. The predicted molar refractivity (Wildman–Crippen MR) is 80.8 cm³/mol. The van der Waals surface area contributed by atoms with Crippen molar-refractivity contribution in [3.63, 3.8) is 0 Å². The van der Waals surface area contributed by atoms with Gasteiger partial charge in [-0.05, 0) is 27.7 Å². The summed E-state index contributed by atoms with van der Waals surface area (Å²) in [6.07, 6.45) is -0.365. The molecule has 122 valence electrons. The second kappa shape index (κ2) is 5.15. The number of likely N-dealkylation sites (tertiary alicyclic amines) is 1. The number of fused-ring (bicyclic) bond motifs is 2. The van der Waals surface area contributed by atoms with Gasteiger partial charge in [-0.3, -0.25) is 0 Å². The molecule has 22 heavy (non-hydrogen) atoms. The quantitative estimate of drug-likeness (QED) is 0.780.